The van der Waals surface area contributed by atoms with Crippen LogP contribution in [-0.2, 0) is 0 Å². The monoisotopic (exact) mass is 268 g/mol. The molecular formula is C16H16N2O2. The fourth-order valence-electron chi connectivity index (χ4n) is 1.70. The molecule has 20 heavy (non-hydrogen) atoms. The third-order valence-electron chi connectivity index (χ3n) is 2.72. The van der Waals surface area contributed by atoms with Crippen LogP contribution in [0.15, 0.2) is 54.6 Å². The minimum Gasteiger partial charge on any atom is -0.491 e. The molecule has 1 unspecified atom stereocenters. The largest absolute Gasteiger partial charge is 0.491 e. The molecule has 102 valence electrons. The number of anilines is 1. The summed E-state index contributed by atoms with van der Waals surface area (Å²) in [5, 5.41) is 21.8. The van der Waals surface area contributed by atoms with Gasteiger partial charge in [-0.2, -0.15) is 5.26 Å². The maximum atomic E-state index is 9.85. The third-order valence-corrected chi connectivity index (χ3v) is 2.72. The lowest BCUT2D eigenvalue weighted by molar-refractivity contribution is 0.117. The number of para-hydroxylation sites is 1. The van der Waals surface area contributed by atoms with E-state index >= 15 is 0 Å². The quantitative estimate of drug-likeness (QED) is 0.844. The molecule has 0 saturated carbocycles. The molecular weight excluding hydrogens is 252 g/mol. The molecule has 0 bridgehead atoms. The van der Waals surface area contributed by atoms with Gasteiger partial charge in [-0.1, -0.05) is 24.3 Å². The molecule has 0 fully saturated rings. The topological polar surface area (TPSA) is 65.3 Å². The second kappa shape index (κ2) is 7.17. The molecule has 0 aliphatic heterocycles. The number of ether oxygens (including phenoxy) is 1. The van der Waals surface area contributed by atoms with Gasteiger partial charge in [0.05, 0.1) is 11.6 Å². The Hall–Kier alpha value is -2.51. The highest BCUT2D eigenvalue weighted by Gasteiger charge is 2.05. The van der Waals surface area contributed by atoms with Crippen LogP contribution in [-0.4, -0.2) is 24.4 Å². The van der Waals surface area contributed by atoms with Crippen molar-refractivity contribution in [3.05, 3.63) is 60.2 Å². The smallest absolute Gasteiger partial charge is 0.120 e. The summed E-state index contributed by atoms with van der Waals surface area (Å²) in [6, 6.07) is 18.6. The Balaban J connectivity index is 1.77. The molecule has 0 radical (unpaired) electrons. The van der Waals surface area contributed by atoms with Crippen LogP contribution < -0.4 is 10.1 Å². The molecule has 0 saturated heterocycles. The van der Waals surface area contributed by atoms with Crippen molar-refractivity contribution in [3.8, 4) is 11.8 Å². The predicted octanol–water partition coefficient (Wildman–Crippen LogP) is 2.41. The SMILES string of the molecule is N#Cc1cccc(OCC(O)CNc2ccccc2)c1. The lowest BCUT2D eigenvalue weighted by Gasteiger charge is -2.14. The Bertz CT molecular complexity index is 579. The van der Waals surface area contributed by atoms with Crippen LogP contribution >= 0.6 is 0 Å². The van der Waals surface area contributed by atoms with Crippen molar-refractivity contribution < 1.29 is 9.84 Å². The van der Waals surface area contributed by atoms with Crippen LogP contribution in [0.5, 0.6) is 5.75 Å². The number of hydrogen-bond donors (Lipinski definition) is 2. The molecule has 0 heterocycles. The number of benzene rings is 2. The first kappa shape index (κ1) is 13.9. The van der Waals surface area contributed by atoms with Crippen molar-refractivity contribution in [2.24, 2.45) is 0 Å². The van der Waals surface area contributed by atoms with E-state index in [1.807, 2.05) is 36.4 Å². The number of nitrogens with one attached hydrogen (secondary N) is 1. The first-order valence-electron chi connectivity index (χ1n) is 6.38. The number of rotatable bonds is 6. The maximum Gasteiger partial charge on any atom is 0.120 e. The first-order valence-corrected chi connectivity index (χ1v) is 6.38. The van der Waals surface area contributed by atoms with Crippen molar-refractivity contribution in [1.82, 2.24) is 0 Å². The minimum atomic E-state index is -0.624. The highest BCUT2D eigenvalue weighted by molar-refractivity contribution is 5.42. The molecule has 2 rings (SSSR count). The van der Waals surface area contributed by atoms with E-state index in [9.17, 15) is 5.11 Å². The lowest BCUT2D eigenvalue weighted by Crippen LogP contribution is -2.26. The van der Waals surface area contributed by atoms with Crippen molar-refractivity contribution in [3.63, 3.8) is 0 Å². The Morgan fingerprint density at radius 1 is 1.15 bits per heavy atom. The van der Waals surface area contributed by atoms with Crippen molar-refractivity contribution in [1.29, 1.82) is 5.26 Å². The molecule has 0 aliphatic rings. The van der Waals surface area contributed by atoms with Gasteiger partial charge in [0.25, 0.3) is 0 Å². The Kier molecular flexibility index (Phi) is 4.99. The average molecular weight is 268 g/mol. The van der Waals surface area contributed by atoms with Crippen LogP contribution in [0.1, 0.15) is 5.56 Å². The zero-order valence-electron chi connectivity index (χ0n) is 11.0. The molecule has 0 amide bonds. The van der Waals surface area contributed by atoms with E-state index in [0.29, 0.717) is 17.9 Å². The van der Waals surface area contributed by atoms with Gasteiger partial charge >= 0.3 is 0 Å². The van der Waals surface area contributed by atoms with Crippen LogP contribution in [0.2, 0.25) is 0 Å². The van der Waals surface area contributed by atoms with Gasteiger partial charge < -0.3 is 15.2 Å². The molecule has 0 aromatic heterocycles. The Morgan fingerprint density at radius 2 is 1.95 bits per heavy atom. The van der Waals surface area contributed by atoms with Crippen LogP contribution in [0, 0.1) is 11.3 Å². The molecule has 4 nitrogen and oxygen atoms in total. The summed E-state index contributed by atoms with van der Waals surface area (Å²) in [5.41, 5.74) is 1.50. The number of aliphatic hydroxyl groups excluding tert-OH is 1. The summed E-state index contributed by atoms with van der Waals surface area (Å²) >= 11 is 0. The highest BCUT2D eigenvalue weighted by Crippen LogP contribution is 2.13. The zero-order valence-corrected chi connectivity index (χ0v) is 11.0. The van der Waals surface area contributed by atoms with Crippen molar-refractivity contribution >= 4 is 5.69 Å². The van der Waals surface area contributed by atoms with E-state index in [0.717, 1.165) is 5.69 Å². The van der Waals surface area contributed by atoms with E-state index in [4.69, 9.17) is 10.00 Å². The first-order chi connectivity index (χ1) is 9.78. The summed E-state index contributed by atoms with van der Waals surface area (Å²) in [6.45, 7) is 0.580. The van der Waals surface area contributed by atoms with E-state index in [2.05, 4.69) is 5.32 Å². The van der Waals surface area contributed by atoms with Crippen LogP contribution in [0.4, 0.5) is 5.69 Å². The van der Waals surface area contributed by atoms with E-state index in [-0.39, 0.29) is 6.61 Å². The van der Waals surface area contributed by atoms with E-state index in [1.165, 1.54) is 0 Å². The predicted molar refractivity (Wildman–Crippen MR) is 77.6 cm³/mol. The van der Waals surface area contributed by atoms with Gasteiger partial charge in [-0.3, -0.25) is 0 Å². The fourth-order valence-corrected chi connectivity index (χ4v) is 1.70. The summed E-state index contributed by atoms with van der Waals surface area (Å²) in [4.78, 5) is 0. The van der Waals surface area contributed by atoms with Gasteiger partial charge in [0.2, 0.25) is 0 Å². The number of hydrogen-bond acceptors (Lipinski definition) is 4. The number of nitrogens with zero attached hydrogens (tertiary/aromatic N) is 1. The fraction of sp³-hybridized carbons (Fsp3) is 0.188. The molecule has 0 aliphatic carbocycles. The Labute approximate surface area is 118 Å². The summed E-state index contributed by atoms with van der Waals surface area (Å²) in [7, 11) is 0. The lowest BCUT2D eigenvalue weighted by atomic mass is 10.2. The standard InChI is InChI=1S/C16H16N2O2/c17-10-13-5-4-8-16(9-13)20-12-15(19)11-18-14-6-2-1-3-7-14/h1-9,15,18-19H,11-12H2. The second-order valence-corrected chi connectivity index (χ2v) is 4.35. The molecule has 2 N–H and O–H groups in total. The molecule has 0 spiro atoms. The van der Waals surface area contributed by atoms with Gasteiger partial charge in [-0.25, -0.2) is 0 Å². The second-order valence-electron chi connectivity index (χ2n) is 4.35. The summed E-state index contributed by atoms with van der Waals surface area (Å²) < 4.78 is 5.46. The van der Waals surface area contributed by atoms with E-state index < -0.39 is 6.10 Å². The minimum absolute atomic E-state index is 0.175. The van der Waals surface area contributed by atoms with Gasteiger partial charge in [-0.15, -0.1) is 0 Å². The van der Waals surface area contributed by atoms with Gasteiger partial charge in [0, 0.05) is 12.2 Å². The molecule has 2 aromatic rings. The van der Waals surface area contributed by atoms with Gasteiger partial charge in [-0.05, 0) is 30.3 Å². The highest BCUT2D eigenvalue weighted by atomic mass is 16.5. The molecule has 2 aromatic carbocycles. The zero-order chi connectivity index (χ0) is 14.2. The summed E-state index contributed by atoms with van der Waals surface area (Å²) in [6.07, 6.45) is -0.624. The van der Waals surface area contributed by atoms with Gasteiger partial charge in [0.1, 0.15) is 18.5 Å². The van der Waals surface area contributed by atoms with Crippen LogP contribution in [0.3, 0.4) is 0 Å². The van der Waals surface area contributed by atoms with Crippen LogP contribution in [0.25, 0.3) is 0 Å². The maximum absolute atomic E-state index is 9.85. The number of aliphatic hydroxyl groups is 1. The molecule has 1 atom stereocenters. The van der Waals surface area contributed by atoms with E-state index in [1.54, 1.807) is 24.3 Å². The van der Waals surface area contributed by atoms with Crippen molar-refractivity contribution in [2.45, 2.75) is 6.10 Å². The van der Waals surface area contributed by atoms with Crippen molar-refractivity contribution in [2.75, 3.05) is 18.5 Å². The Morgan fingerprint density at radius 3 is 2.70 bits per heavy atom. The number of nitriles is 1. The third kappa shape index (κ3) is 4.30. The summed E-state index contributed by atoms with van der Waals surface area (Å²) in [5.74, 6) is 0.586. The average Bonchev–Trinajstić information content (AvgIpc) is 2.52. The van der Waals surface area contributed by atoms with Gasteiger partial charge in [0.15, 0.2) is 0 Å². The normalized spacial score (nSPS) is 11.4. The molecule has 4 heteroatoms.